The van der Waals surface area contributed by atoms with Gasteiger partial charge in [0.2, 0.25) is 0 Å². The first-order chi connectivity index (χ1) is 12.2. The molecule has 132 valence electrons. The van der Waals surface area contributed by atoms with Crippen molar-refractivity contribution >= 4 is 33.4 Å². The SMILES string of the molecule is O=C(OCC(=O)N1CCC[C@@H]2CCCC[C@@H]21)c1ccc2ncsc2c1. The Kier molecular flexibility index (Phi) is 4.70. The zero-order chi connectivity index (χ0) is 17.2. The van der Waals surface area contributed by atoms with Crippen molar-refractivity contribution in [3.63, 3.8) is 0 Å². The summed E-state index contributed by atoms with van der Waals surface area (Å²) in [7, 11) is 0. The average Bonchev–Trinajstić information content (AvgIpc) is 3.13. The van der Waals surface area contributed by atoms with Gasteiger partial charge in [0.15, 0.2) is 6.61 Å². The third-order valence-electron chi connectivity index (χ3n) is 5.46. The van der Waals surface area contributed by atoms with E-state index in [0.29, 0.717) is 17.5 Å². The number of amides is 1. The molecule has 2 atom stereocenters. The number of esters is 1. The normalized spacial score (nSPS) is 23.3. The molecule has 1 aliphatic carbocycles. The monoisotopic (exact) mass is 358 g/mol. The number of aromatic nitrogens is 1. The van der Waals surface area contributed by atoms with E-state index in [0.717, 1.165) is 29.6 Å². The highest BCUT2D eigenvalue weighted by molar-refractivity contribution is 7.16. The highest BCUT2D eigenvalue weighted by atomic mass is 32.1. The smallest absolute Gasteiger partial charge is 0.338 e. The molecule has 0 bridgehead atoms. The largest absolute Gasteiger partial charge is 0.452 e. The lowest BCUT2D eigenvalue weighted by Crippen LogP contribution is -2.50. The second kappa shape index (κ2) is 7.12. The van der Waals surface area contributed by atoms with E-state index < -0.39 is 5.97 Å². The number of nitrogens with zero attached hydrogens (tertiary/aromatic N) is 2. The van der Waals surface area contributed by atoms with E-state index in [1.54, 1.807) is 17.6 Å². The van der Waals surface area contributed by atoms with Crippen molar-refractivity contribution in [3.05, 3.63) is 29.3 Å². The van der Waals surface area contributed by atoms with Crippen molar-refractivity contribution < 1.29 is 14.3 Å². The minimum Gasteiger partial charge on any atom is -0.452 e. The molecule has 0 N–H and O–H groups in total. The molecule has 1 aliphatic heterocycles. The summed E-state index contributed by atoms with van der Waals surface area (Å²) in [4.78, 5) is 31.0. The first-order valence-corrected chi connectivity index (χ1v) is 9.90. The summed E-state index contributed by atoms with van der Waals surface area (Å²) in [6, 6.07) is 5.63. The molecule has 25 heavy (non-hydrogen) atoms. The molecule has 1 amide bonds. The fourth-order valence-electron chi connectivity index (χ4n) is 4.21. The number of rotatable bonds is 3. The molecule has 0 spiro atoms. The van der Waals surface area contributed by atoms with Crippen LogP contribution in [0.5, 0.6) is 0 Å². The van der Waals surface area contributed by atoms with Gasteiger partial charge in [-0.25, -0.2) is 9.78 Å². The molecule has 4 rings (SSSR count). The Balaban J connectivity index is 1.38. The van der Waals surface area contributed by atoms with Gasteiger partial charge in [-0.2, -0.15) is 0 Å². The maximum Gasteiger partial charge on any atom is 0.338 e. The summed E-state index contributed by atoms with van der Waals surface area (Å²) in [5.74, 6) is 0.139. The number of benzene rings is 1. The lowest BCUT2D eigenvalue weighted by Gasteiger charge is -2.44. The number of carbonyl (C=O) groups is 2. The van der Waals surface area contributed by atoms with E-state index in [1.165, 1.54) is 37.0 Å². The van der Waals surface area contributed by atoms with Gasteiger partial charge in [0.25, 0.3) is 5.91 Å². The number of likely N-dealkylation sites (tertiary alicyclic amines) is 1. The van der Waals surface area contributed by atoms with E-state index in [1.807, 2.05) is 11.0 Å². The van der Waals surface area contributed by atoms with Crippen LogP contribution in [0.1, 0.15) is 48.9 Å². The predicted octanol–water partition coefficient (Wildman–Crippen LogP) is 3.63. The third-order valence-corrected chi connectivity index (χ3v) is 6.25. The van der Waals surface area contributed by atoms with Crippen LogP contribution in [0.2, 0.25) is 0 Å². The van der Waals surface area contributed by atoms with Crippen molar-refractivity contribution in [3.8, 4) is 0 Å². The molecule has 1 aromatic heterocycles. The molecule has 1 saturated carbocycles. The number of thiazole rings is 1. The third kappa shape index (κ3) is 3.40. The summed E-state index contributed by atoms with van der Waals surface area (Å²) in [5, 5.41) is 0. The molecule has 2 aromatic rings. The Morgan fingerprint density at radius 1 is 1.20 bits per heavy atom. The Bertz CT molecular complexity index is 786. The zero-order valence-corrected chi connectivity index (χ0v) is 15.0. The summed E-state index contributed by atoms with van der Waals surface area (Å²) < 4.78 is 6.25. The van der Waals surface area contributed by atoms with Gasteiger partial charge >= 0.3 is 5.97 Å². The number of fused-ring (bicyclic) bond motifs is 2. The Labute approximate surface area is 151 Å². The number of piperidine rings is 1. The van der Waals surface area contributed by atoms with Crippen molar-refractivity contribution in [1.82, 2.24) is 9.88 Å². The standard InChI is InChI=1S/C19H22N2O3S/c22-18(21-9-3-5-13-4-1-2-6-16(13)21)11-24-19(23)14-7-8-15-17(10-14)25-12-20-15/h7-8,10,12-13,16H,1-6,9,11H2/t13-,16-/m0/s1. The van der Waals surface area contributed by atoms with E-state index in [4.69, 9.17) is 4.74 Å². The van der Waals surface area contributed by atoms with Crippen LogP contribution in [-0.2, 0) is 9.53 Å². The van der Waals surface area contributed by atoms with Gasteiger partial charge < -0.3 is 9.64 Å². The minimum atomic E-state index is -0.444. The average molecular weight is 358 g/mol. The molecule has 6 heteroatoms. The number of ether oxygens (including phenoxy) is 1. The molecule has 5 nitrogen and oxygen atoms in total. The van der Waals surface area contributed by atoms with Crippen LogP contribution in [0.4, 0.5) is 0 Å². The number of carbonyl (C=O) groups excluding carboxylic acids is 2. The highest BCUT2D eigenvalue weighted by Gasteiger charge is 2.35. The quantitative estimate of drug-likeness (QED) is 0.786. The van der Waals surface area contributed by atoms with E-state index in [-0.39, 0.29) is 12.5 Å². The van der Waals surface area contributed by atoms with E-state index in [2.05, 4.69) is 4.98 Å². The fourth-order valence-corrected chi connectivity index (χ4v) is 4.93. The van der Waals surface area contributed by atoms with Crippen LogP contribution in [0.3, 0.4) is 0 Å². The van der Waals surface area contributed by atoms with Crippen molar-refractivity contribution in [2.45, 2.75) is 44.6 Å². The maximum absolute atomic E-state index is 12.6. The van der Waals surface area contributed by atoms with Gasteiger partial charge in [-0.15, -0.1) is 11.3 Å². The molecular weight excluding hydrogens is 336 g/mol. The molecule has 2 aliphatic rings. The van der Waals surface area contributed by atoms with Crippen molar-refractivity contribution in [2.24, 2.45) is 5.92 Å². The van der Waals surface area contributed by atoms with E-state index in [9.17, 15) is 9.59 Å². The molecule has 2 fully saturated rings. The van der Waals surface area contributed by atoms with Crippen LogP contribution in [0.15, 0.2) is 23.7 Å². The van der Waals surface area contributed by atoms with Crippen LogP contribution >= 0.6 is 11.3 Å². The van der Waals surface area contributed by atoms with Gasteiger partial charge in [-0.05, 0) is 49.8 Å². The minimum absolute atomic E-state index is 0.0520. The van der Waals surface area contributed by atoms with Crippen molar-refractivity contribution in [1.29, 1.82) is 0 Å². The second-order valence-corrected chi connectivity index (χ2v) is 7.84. The van der Waals surface area contributed by atoms with Gasteiger partial charge in [-0.1, -0.05) is 12.8 Å². The molecule has 0 unspecified atom stereocenters. The van der Waals surface area contributed by atoms with Crippen LogP contribution in [0, 0.1) is 5.92 Å². The Hall–Kier alpha value is -1.95. The van der Waals surface area contributed by atoms with Gasteiger partial charge in [0.05, 0.1) is 21.3 Å². The Morgan fingerprint density at radius 2 is 2.04 bits per heavy atom. The second-order valence-electron chi connectivity index (χ2n) is 6.95. The lowest BCUT2D eigenvalue weighted by atomic mass is 9.78. The van der Waals surface area contributed by atoms with Gasteiger partial charge in [0.1, 0.15) is 0 Å². The topological polar surface area (TPSA) is 59.5 Å². The van der Waals surface area contributed by atoms with E-state index >= 15 is 0 Å². The summed E-state index contributed by atoms with van der Waals surface area (Å²) in [6.45, 7) is 0.632. The van der Waals surface area contributed by atoms with Gasteiger partial charge in [-0.3, -0.25) is 4.79 Å². The molecule has 2 heterocycles. The molecule has 1 aromatic carbocycles. The summed E-state index contributed by atoms with van der Waals surface area (Å²) in [5.41, 5.74) is 3.09. The summed E-state index contributed by atoms with van der Waals surface area (Å²) >= 11 is 1.48. The highest BCUT2D eigenvalue weighted by Crippen LogP contribution is 2.35. The number of hydrogen-bond acceptors (Lipinski definition) is 5. The first kappa shape index (κ1) is 16.5. The molecular formula is C19H22N2O3S. The van der Waals surface area contributed by atoms with Gasteiger partial charge in [0, 0.05) is 12.6 Å². The first-order valence-electron chi connectivity index (χ1n) is 9.02. The molecule has 1 saturated heterocycles. The lowest BCUT2D eigenvalue weighted by molar-refractivity contribution is -0.140. The number of hydrogen-bond donors (Lipinski definition) is 0. The fraction of sp³-hybridized carbons (Fsp3) is 0.526. The predicted molar refractivity (Wildman–Crippen MR) is 96.6 cm³/mol. The van der Waals surface area contributed by atoms with Crippen LogP contribution < -0.4 is 0 Å². The van der Waals surface area contributed by atoms with Crippen molar-refractivity contribution in [2.75, 3.05) is 13.2 Å². The Morgan fingerprint density at radius 3 is 2.96 bits per heavy atom. The summed E-state index contributed by atoms with van der Waals surface area (Å²) in [6.07, 6.45) is 7.07. The maximum atomic E-state index is 12.6. The van der Waals surface area contributed by atoms with Crippen LogP contribution in [0.25, 0.3) is 10.2 Å². The zero-order valence-electron chi connectivity index (χ0n) is 14.1. The molecule has 0 radical (unpaired) electrons. The van der Waals surface area contributed by atoms with Crippen LogP contribution in [-0.4, -0.2) is 41.0 Å².